The molecule has 2 aromatic heterocycles. The maximum absolute atomic E-state index is 12.1. The molecule has 5 atom stereocenters. The van der Waals surface area contributed by atoms with Crippen molar-refractivity contribution in [3.05, 3.63) is 11.5 Å². The number of carbonyl (C=O) groups excluding carboxylic acids is 1. The lowest BCUT2D eigenvalue weighted by Gasteiger charge is -2.32. The van der Waals surface area contributed by atoms with E-state index in [1.807, 2.05) is 0 Å². The summed E-state index contributed by atoms with van der Waals surface area (Å²) >= 11 is 6.13. The molecule has 3 heterocycles. The Labute approximate surface area is 215 Å². The van der Waals surface area contributed by atoms with E-state index in [4.69, 9.17) is 31.0 Å². The quantitative estimate of drug-likeness (QED) is 0.0831. The summed E-state index contributed by atoms with van der Waals surface area (Å²) in [4.78, 5) is 40.1. The highest BCUT2D eigenvalue weighted by molar-refractivity contribution is 7.54. The van der Waals surface area contributed by atoms with Gasteiger partial charge in [-0.05, 0) is 24.4 Å². The van der Waals surface area contributed by atoms with E-state index in [0.717, 1.165) is 38.3 Å². The van der Waals surface area contributed by atoms with Gasteiger partial charge in [0.2, 0.25) is 5.28 Å². The first-order chi connectivity index (χ1) is 17.5. The Balaban J connectivity index is 1.58. The van der Waals surface area contributed by atoms with Crippen LogP contribution in [0.1, 0.15) is 31.9 Å². The van der Waals surface area contributed by atoms with E-state index in [1.54, 1.807) is 0 Å². The van der Waals surface area contributed by atoms with Gasteiger partial charge in [-0.3, -0.25) is 14.6 Å². The maximum atomic E-state index is 12.1. The summed E-state index contributed by atoms with van der Waals surface area (Å²) in [5, 5.41) is 35.3. The van der Waals surface area contributed by atoms with E-state index in [9.17, 15) is 29.4 Å². The molecule has 1 saturated heterocycles. The van der Waals surface area contributed by atoms with Crippen LogP contribution in [-0.4, -0.2) is 101 Å². The predicted molar refractivity (Wildman–Crippen MR) is 125 cm³/mol. The highest BCUT2D eigenvalue weighted by Crippen LogP contribution is 2.52. The summed E-state index contributed by atoms with van der Waals surface area (Å²) in [5.41, 5.74) is 1.35. The number of fused-ring (bicyclic) bond motifs is 1. The van der Waals surface area contributed by atoms with Crippen LogP contribution in [0.4, 0.5) is 5.82 Å². The number of aliphatic hydroxyl groups excluding tert-OH is 2. The van der Waals surface area contributed by atoms with Crippen LogP contribution in [0.25, 0.3) is 11.0 Å². The van der Waals surface area contributed by atoms with Crippen molar-refractivity contribution in [3.63, 3.8) is 0 Å². The number of methoxy groups -OCH3 is 1. The molecule has 7 N–H and O–H groups in total. The Morgan fingerprint density at radius 1 is 1.30 bits per heavy atom. The summed E-state index contributed by atoms with van der Waals surface area (Å²) in [7, 11) is -4.32. The molecule has 1 aliphatic carbocycles. The second kappa shape index (κ2) is 11.0. The number of nitrogens with one attached hydrogen (secondary N) is 2. The second-order valence-corrected chi connectivity index (χ2v) is 11.0. The van der Waals surface area contributed by atoms with E-state index in [1.165, 1.54) is 10.9 Å². The second-order valence-electron chi connectivity index (χ2n) is 8.85. The van der Waals surface area contributed by atoms with E-state index in [-0.39, 0.29) is 17.0 Å². The summed E-state index contributed by atoms with van der Waals surface area (Å²) < 4.78 is 29.0. The van der Waals surface area contributed by atoms with Crippen LogP contribution in [-0.2, 0) is 23.6 Å². The molecule has 2 aliphatic rings. The normalized spacial score (nSPS) is 26.5. The molecule has 0 radical (unpaired) electrons. The molecule has 2 fully saturated rings. The zero-order valence-electron chi connectivity index (χ0n) is 19.6. The van der Waals surface area contributed by atoms with Gasteiger partial charge in [-0.15, -0.1) is 0 Å². The van der Waals surface area contributed by atoms with Crippen LogP contribution in [0.2, 0.25) is 5.28 Å². The molecule has 1 unspecified atom stereocenters. The van der Waals surface area contributed by atoms with Crippen molar-refractivity contribution in [2.24, 2.45) is 0 Å². The van der Waals surface area contributed by atoms with Crippen LogP contribution in [0.3, 0.4) is 0 Å². The fourth-order valence-corrected chi connectivity index (χ4v) is 5.52. The maximum Gasteiger partial charge on any atom is 0.369 e. The summed E-state index contributed by atoms with van der Waals surface area (Å²) in [6.07, 6.45) is -0.273. The highest BCUT2D eigenvalue weighted by atomic mass is 35.5. The molecule has 1 aliphatic heterocycles. The van der Waals surface area contributed by atoms with Crippen molar-refractivity contribution < 1.29 is 48.8 Å². The summed E-state index contributed by atoms with van der Waals surface area (Å²) in [5.74, 6) is -1.11. The number of hydrogen-bond donors (Lipinski definition) is 7. The first kappa shape index (κ1) is 28.0. The minimum Gasteiger partial charge on any atom is -0.387 e. The lowest BCUT2D eigenvalue weighted by Crippen LogP contribution is -2.52. The number of nitrogens with zero attached hydrogens (tertiary/aromatic N) is 4. The average molecular weight is 567 g/mol. The van der Waals surface area contributed by atoms with Gasteiger partial charge in [0.15, 0.2) is 11.9 Å². The molecule has 4 rings (SSSR count). The lowest BCUT2D eigenvalue weighted by molar-refractivity contribution is -0.160. The van der Waals surface area contributed by atoms with Crippen LogP contribution in [0, 0.1) is 0 Å². The van der Waals surface area contributed by atoms with Gasteiger partial charge in [0.25, 0.3) is 11.2 Å². The molecular weight excluding hydrogens is 539 g/mol. The van der Waals surface area contributed by atoms with Crippen molar-refractivity contribution >= 4 is 42.0 Å². The number of hydrogen-bond acceptors (Lipinski definition) is 12. The van der Waals surface area contributed by atoms with E-state index in [2.05, 4.69) is 20.4 Å². The Kier molecular flexibility index (Phi) is 8.35. The molecule has 206 valence electrons. The van der Waals surface area contributed by atoms with E-state index in [0.29, 0.717) is 11.2 Å². The van der Waals surface area contributed by atoms with Gasteiger partial charge in [0, 0.05) is 13.2 Å². The minimum atomic E-state index is -5.38. The fourth-order valence-electron chi connectivity index (χ4n) is 4.50. The average Bonchev–Trinajstić information content (AvgIpc) is 3.56. The standard InChI is InChI=1S/C19H28ClN6O10P/c1-34-8-19(17(29)25-30,37(31,32)33)35-7-11-12(27)13(28)16(36-11)26-15-10(6-21-26)14(23-18(20)24-15)22-9-4-2-3-5-9/h6,9,11-13,16,27-28,30H,2-5,7-8H2,1H3,(H,25,29)(H,22,23,24)(H2,31,32,33)/t11-,12-,13-,16-,19?/m1/s1. The van der Waals surface area contributed by atoms with Gasteiger partial charge >= 0.3 is 7.60 Å². The van der Waals surface area contributed by atoms with Gasteiger partial charge in [0.05, 0.1) is 24.8 Å². The Hall–Kier alpha value is -1.98. The molecule has 16 nitrogen and oxygen atoms in total. The van der Waals surface area contributed by atoms with Crippen molar-refractivity contribution in [2.75, 3.05) is 25.6 Å². The molecule has 0 spiro atoms. The largest absolute Gasteiger partial charge is 0.387 e. The molecule has 1 amide bonds. The third-order valence-electron chi connectivity index (χ3n) is 6.45. The number of rotatable bonds is 10. The van der Waals surface area contributed by atoms with E-state index < -0.39 is 56.6 Å². The Bertz CT molecular complexity index is 1180. The molecule has 0 aromatic carbocycles. The number of anilines is 1. The number of carbonyl (C=O) groups is 1. The lowest BCUT2D eigenvalue weighted by atomic mass is 10.1. The number of ether oxygens (including phenoxy) is 3. The highest BCUT2D eigenvalue weighted by Gasteiger charge is 2.57. The monoisotopic (exact) mass is 566 g/mol. The van der Waals surface area contributed by atoms with Gasteiger partial charge in [0.1, 0.15) is 24.1 Å². The molecule has 0 bridgehead atoms. The smallest absolute Gasteiger partial charge is 0.369 e. The van der Waals surface area contributed by atoms with Gasteiger partial charge in [-0.1, -0.05) is 12.8 Å². The van der Waals surface area contributed by atoms with Crippen LogP contribution < -0.4 is 10.8 Å². The molecule has 37 heavy (non-hydrogen) atoms. The SMILES string of the molecule is COCC(OC[C@H]1O[C@@H](n2ncc3c(NC4CCCC4)nc(Cl)nc32)[C@H](O)[C@@H]1O)(C(=O)NO)P(=O)(O)O. The molecule has 18 heteroatoms. The zero-order chi connectivity index (χ0) is 27.0. The van der Waals surface area contributed by atoms with Crippen molar-refractivity contribution in [3.8, 4) is 0 Å². The van der Waals surface area contributed by atoms with Crippen molar-refractivity contribution in [2.45, 2.75) is 61.6 Å². The van der Waals surface area contributed by atoms with Crippen LogP contribution >= 0.6 is 19.2 Å². The number of amides is 1. The number of halogens is 1. The van der Waals surface area contributed by atoms with Crippen molar-refractivity contribution in [1.82, 2.24) is 25.2 Å². The van der Waals surface area contributed by atoms with Crippen LogP contribution in [0.5, 0.6) is 0 Å². The van der Waals surface area contributed by atoms with Gasteiger partial charge < -0.3 is 39.5 Å². The third kappa shape index (κ3) is 5.31. The number of aromatic nitrogens is 4. The first-order valence-corrected chi connectivity index (χ1v) is 13.3. The summed E-state index contributed by atoms with van der Waals surface area (Å²) in [6.45, 7) is -1.71. The third-order valence-corrected chi connectivity index (χ3v) is 8.03. The summed E-state index contributed by atoms with van der Waals surface area (Å²) in [6, 6.07) is 0.215. The number of hydroxylamine groups is 1. The van der Waals surface area contributed by atoms with E-state index >= 15 is 0 Å². The Morgan fingerprint density at radius 2 is 2.00 bits per heavy atom. The topological polar surface area (TPSA) is 231 Å². The first-order valence-electron chi connectivity index (χ1n) is 11.3. The van der Waals surface area contributed by atoms with Crippen LogP contribution in [0.15, 0.2) is 6.20 Å². The number of aliphatic hydroxyl groups is 2. The van der Waals surface area contributed by atoms with Crippen molar-refractivity contribution in [1.29, 1.82) is 0 Å². The molecular formula is C19H28ClN6O10P. The molecule has 2 aromatic rings. The fraction of sp³-hybridized carbons (Fsp3) is 0.684. The predicted octanol–water partition coefficient (Wildman–Crippen LogP) is -0.504. The zero-order valence-corrected chi connectivity index (χ0v) is 21.2. The van der Waals surface area contributed by atoms with Gasteiger partial charge in [-0.25, -0.2) is 10.2 Å². The Morgan fingerprint density at radius 3 is 2.62 bits per heavy atom. The van der Waals surface area contributed by atoms with Gasteiger partial charge in [-0.2, -0.15) is 15.1 Å². The minimum absolute atomic E-state index is 0.0799. The molecule has 1 saturated carbocycles.